The number of carbonyl (C=O) groups is 1. The third-order valence-electron chi connectivity index (χ3n) is 4.21. The number of aliphatic hydroxyl groups is 1. The van der Waals surface area contributed by atoms with Crippen molar-refractivity contribution in [1.82, 2.24) is 20.0 Å². The Morgan fingerprint density at radius 3 is 2.64 bits per heavy atom. The van der Waals surface area contributed by atoms with Crippen molar-refractivity contribution in [3.8, 4) is 5.82 Å². The number of nitrogens with two attached hydrogens (primary N) is 1. The molecule has 0 aromatic carbocycles. The summed E-state index contributed by atoms with van der Waals surface area (Å²) < 4.78 is 1.61. The highest BCUT2D eigenvalue weighted by molar-refractivity contribution is 6.29. The molecule has 2 aromatic heterocycles. The average Bonchev–Trinajstić information content (AvgIpc) is 3.04. The van der Waals surface area contributed by atoms with Crippen LogP contribution in [0.4, 0.5) is 0 Å². The first-order valence-corrected chi connectivity index (χ1v) is 8.33. The lowest BCUT2D eigenvalue weighted by Crippen LogP contribution is -2.35. The van der Waals surface area contributed by atoms with Gasteiger partial charge in [-0.25, -0.2) is 9.48 Å². The largest absolute Gasteiger partial charge is 0.476 e. The molecular formula is C16H20ClN5O3. The van der Waals surface area contributed by atoms with Crippen molar-refractivity contribution in [2.75, 3.05) is 6.61 Å². The van der Waals surface area contributed by atoms with Crippen LogP contribution in [0, 0.1) is 5.92 Å². The molecule has 25 heavy (non-hydrogen) atoms. The molecule has 2 aliphatic carbocycles. The minimum absolute atomic E-state index is 0.0486. The van der Waals surface area contributed by atoms with E-state index in [-0.39, 0.29) is 12.3 Å². The molecular weight excluding hydrogens is 346 g/mol. The molecule has 2 aromatic rings. The summed E-state index contributed by atoms with van der Waals surface area (Å²) >= 11 is 5.71. The molecule has 4 rings (SSSR count). The lowest BCUT2D eigenvalue weighted by molar-refractivity contribution is 0.0688. The Morgan fingerprint density at radius 2 is 2.12 bits per heavy atom. The third-order valence-corrected chi connectivity index (χ3v) is 4.41. The number of nitrogens with zero attached hydrogens (tertiary/aromatic N) is 4. The van der Waals surface area contributed by atoms with Gasteiger partial charge >= 0.3 is 5.97 Å². The monoisotopic (exact) mass is 365 g/mol. The molecule has 0 bridgehead atoms. The molecule has 4 N–H and O–H groups in total. The van der Waals surface area contributed by atoms with E-state index in [4.69, 9.17) is 22.4 Å². The number of aromatic nitrogens is 4. The SMILES string of the molecule is CC(C)(N)CO.O=C(O)c1nn(-c2ccc(Cl)nn2)c2c1C[C@H]1C[C@@H]21. The van der Waals surface area contributed by atoms with Crippen LogP contribution in [0.1, 0.15) is 47.9 Å². The van der Waals surface area contributed by atoms with E-state index in [1.165, 1.54) is 0 Å². The first-order chi connectivity index (χ1) is 11.7. The van der Waals surface area contributed by atoms with E-state index in [2.05, 4.69) is 15.3 Å². The molecule has 0 unspecified atom stereocenters. The summed E-state index contributed by atoms with van der Waals surface area (Å²) in [4.78, 5) is 11.2. The smallest absolute Gasteiger partial charge is 0.356 e. The van der Waals surface area contributed by atoms with Crippen molar-refractivity contribution < 1.29 is 15.0 Å². The van der Waals surface area contributed by atoms with Gasteiger partial charge in [-0.3, -0.25) is 0 Å². The van der Waals surface area contributed by atoms with Crippen molar-refractivity contribution in [3.05, 3.63) is 34.2 Å². The van der Waals surface area contributed by atoms with Crippen LogP contribution in [0.15, 0.2) is 12.1 Å². The maximum absolute atomic E-state index is 11.2. The number of carboxylic acid groups (broad SMARTS) is 1. The molecule has 0 radical (unpaired) electrons. The summed E-state index contributed by atoms with van der Waals surface area (Å²) in [6.07, 6.45) is 1.92. The second kappa shape index (κ2) is 6.36. The topological polar surface area (TPSA) is 127 Å². The minimum Gasteiger partial charge on any atom is -0.476 e. The Labute approximate surface area is 149 Å². The quantitative estimate of drug-likeness (QED) is 0.749. The van der Waals surface area contributed by atoms with E-state index in [0.717, 1.165) is 24.1 Å². The van der Waals surface area contributed by atoms with Crippen molar-refractivity contribution in [1.29, 1.82) is 0 Å². The number of carboxylic acids is 1. The zero-order chi connectivity index (χ0) is 18.4. The maximum Gasteiger partial charge on any atom is 0.356 e. The van der Waals surface area contributed by atoms with E-state index in [1.807, 2.05) is 0 Å². The average molecular weight is 366 g/mol. The van der Waals surface area contributed by atoms with E-state index < -0.39 is 11.5 Å². The molecule has 9 heteroatoms. The van der Waals surface area contributed by atoms with Crippen LogP contribution < -0.4 is 5.73 Å². The first kappa shape index (κ1) is 17.8. The summed E-state index contributed by atoms with van der Waals surface area (Å²) in [5.41, 5.74) is 6.86. The van der Waals surface area contributed by atoms with Gasteiger partial charge in [0.2, 0.25) is 0 Å². The highest BCUT2D eigenvalue weighted by atomic mass is 35.5. The molecule has 1 saturated carbocycles. The van der Waals surface area contributed by atoms with Crippen LogP contribution in [0.5, 0.6) is 0 Å². The molecule has 2 heterocycles. The molecule has 1 fully saturated rings. The zero-order valence-corrected chi connectivity index (χ0v) is 14.7. The van der Waals surface area contributed by atoms with Gasteiger partial charge in [-0.15, -0.1) is 10.2 Å². The summed E-state index contributed by atoms with van der Waals surface area (Å²) in [5, 5.41) is 29.7. The highest BCUT2D eigenvalue weighted by Crippen LogP contribution is 2.57. The number of fused-ring (bicyclic) bond motifs is 3. The van der Waals surface area contributed by atoms with E-state index in [0.29, 0.717) is 22.8 Å². The van der Waals surface area contributed by atoms with Gasteiger partial charge in [0.05, 0.1) is 12.3 Å². The maximum atomic E-state index is 11.2. The molecule has 0 aliphatic heterocycles. The Bertz CT molecular complexity index is 797. The molecule has 0 spiro atoms. The number of hydrogen-bond donors (Lipinski definition) is 3. The lowest BCUT2D eigenvalue weighted by atomic mass is 10.1. The predicted molar refractivity (Wildman–Crippen MR) is 91.0 cm³/mol. The second-order valence-electron chi connectivity index (χ2n) is 7.10. The van der Waals surface area contributed by atoms with E-state index >= 15 is 0 Å². The summed E-state index contributed by atoms with van der Waals surface area (Å²) in [7, 11) is 0. The first-order valence-electron chi connectivity index (χ1n) is 7.95. The number of aliphatic hydroxyl groups excluding tert-OH is 1. The molecule has 0 amide bonds. The van der Waals surface area contributed by atoms with Crippen LogP contribution in [0.25, 0.3) is 5.82 Å². The lowest BCUT2D eigenvalue weighted by Gasteiger charge is -2.12. The Balaban J connectivity index is 0.000000265. The van der Waals surface area contributed by atoms with E-state index in [1.54, 1.807) is 30.7 Å². The summed E-state index contributed by atoms with van der Waals surface area (Å²) in [6.45, 7) is 3.59. The fourth-order valence-corrected chi connectivity index (χ4v) is 2.98. The standard InChI is InChI=1S/C12H9ClN4O2.C4H11NO/c13-8-1-2-9(15-14-8)17-11-6-3-5(6)4-7(11)10(16-17)12(18)19;1-4(2,5)3-6/h1-2,5-6H,3-4H2,(H,18,19);6H,3,5H2,1-2H3/t5-,6-;/m1./s1. The normalized spacial score (nSPS) is 20.4. The van der Waals surface area contributed by atoms with Gasteiger partial charge in [-0.2, -0.15) is 5.10 Å². The van der Waals surface area contributed by atoms with Crippen LogP contribution in [-0.2, 0) is 6.42 Å². The summed E-state index contributed by atoms with van der Waals surface area (Å²) in [5.74, 6) is 0.532. The molecule has 8 nitrogen and oxygen atoms in total. The number of aromatic carboxylic acids is 1. The molecule has 0 saturated heterocycles. The van der Waals surface area contributed by atoms with Crippen molar-refractivity contribution in [3.63, 3.8) is 0 Å². The second-order valence-corrected chi connectivity index (χ2v) is 7.48. The van der Waals surface area contributed by atoms with Gasteiger partial charge in [0.25, 0.3) is 0 Å². The van der Waals surface area contributed by atoms with Gasteiger partial charge < -0.3 is 15.9 Å². The van der Waals surface area contributed by atoms with Crippen LogP contribution in [0.3, 0.4) is 0 Å². The summed E-state index contributed by atoms with van der Waals surface area (Å²) in [6, 6.07) is 3.32. The number of hydrogen-bond acceptors (Lipinski definition) is 6. The zero-order valence-electron chi connectivity index (χ0n) is 14.0. The van der Waals surface area contributed by atoms with Gasteiger partial charge in [0.15, 0.2) is 16.7 Å². The number of halogens is 1. The fraction of sp³-hybridized carbons (Fsp3) is 0.500. The van der Waals surface area contributed by atoms with Gasteiger partial charge in [0.1, 0.15) is 0 Å². The van der Waals surface area contributed by atoms with Crippen molar-refractivity contribution in [2.45, 2.75) is 38.1 Å². The Morgan fingerprint density at radius 1 is 1.44 bits per heavy atom. The van der Waals surface area contributed by atoms with Crippen LogP contribution in [-0.4, -0.2) is 48.3 Å². The molecule has 2 atom stereocenters. The Hall–Kier alpha value is -2.03. The molecule has 134 valence electrons. The van der Waals surface area contributed by atoms with Crippen LogP contribution in [0.2, 0.25) is 5.15 Å². The van der Waals surface area contributed by atoms with Crippen molar-refractivity contribution >= 4 is 17.6 Å². The predicted octanol–water partition coefficient (Wildman–Crippen LogP) is 1.39. The minimum atomic E-state index is -0.988. The van der Waals surface area contributed by atoms with Gasteiger partial charge in [-0.1, -0.05) is 11.6 Å². The highest BCUT2D eigenvalue weighted by Gasteiger charge is 2.50. The third kappa shape index (κ3) is 3.65. The Kier molecular flexibility index (Phi) is 4.52. The fourth-order valence-electron chi connectivity index (χ4n) is 2.88. The number of rotatable bonds is 3. The van der Waals surface area contributed by atoms with Gasteiger partial charge in [0, 0.05) is 17.0 Å². The van der Waals surface area contributed by atoms with Crippen molar-refractivity contribution in [2.24, 2.45) is 11.7 Å². The molecule has 2 aliphatic rings. The van der Waals surface area contributed by atoms with Gasteiger partial charge in [-0.05, 0) is 44.7 Å². The van der Waals surface area contributed by atoms with Crippen LogP contribution >= 0.6 is 11.6 Å². The van der Waals surface area contributed by atoms with E-state index in [9.17, 15) is 9.90 Å².